The first-order valence-electron chi connectivity index (χ1n) is 6.38. The molecule has 6 nitrogen and oxygen atoms in total. The lowest BCUT2D eigenvalue weighted by molar-refractivity contribution is 0.0691. The minimum atomic E-state index is -1.06. The number of carbonyl (C=O) groups excluding carboxylic acids is 1. The molecule has 0 aromatic carbocycles. The molecule has 2 aromatic heterocycles. The molecule has 3 rings (SSSR count). The van der Waals surface area contributed by atoms with Crippen LogP contribution in [0.4, 0.5) is 0 Å². The highest BCUT2D eigenvalue weighted by atomic mass is 79.9. The van der Waals surface area contributed by atoms with E-state index in [0.717, 1.165) is 17.3 Å². The van der Waals surface area contributed by atoms with Crippen LogP contribution in [-0.2, 0) is 6.54 Å². The van der Waals surface area contributed by atoms with Gasteiger partial charge < -0.3 is 15.0 Å². The van der Waals surface area contributed by atoms with E-state index < -0.39 is 5.97 Å². The summed E-state index contributed by atoms with van der Waals surface area (Å²) in [6.45, 7) is 0.226. The Kier molecular flexibility index (Phi) is 3.81. The monoisotopic (exact) mass is 369 g/mol. The minimum Gasteiger partial charge on any atom is -0.476 e. The van der Waals surface area contributed by atoms with Crippen molar-refractivity contribution in [3.05, 3.63) is 38.5 Å². The lowest BCUT2D eigenvalue weighted by atomic mass is 10.4. The van der Waals surface area contributed by atoms with Crippen molar-refractivity contribution in [2.75, 3.05) is 0 Å². The highest BCUT2D eigenvalue weighted by Gasteiger charge is 2.27. The fourth-order valence-corrected chi connectivity index (χ4v) is 3.16. The standard InChI is InChI=1S/C13H12BrN3O3S/c14-7-3-10(17(5-7)8-1-2-8)12(18)15-4-11-16-9(6-21-11)13(19)20/h3,5-6,8H,1-2,4H2,(H,15,18)(H,19,20). The SMILES string of the molecule is O=C(O)c1csc(CNC(=O)c2cc(Br)cn2C2CC2)n1. The normalized spacial score (nSPS) is 14.1. The van der Waals surface area contributed by atoms with Crippen LogP contribution in [-0.4, -0.2) is 26.5 Å². The molecule has 1 fully saturated rings. The van der Waals surface area contributed by atoms with E-state index in [1.807, 2.05) is 10.8 Å². The van der Waals surface area contributed by atoms with Gasteiger partial charge in [0.15, 0.2) is 5.69 Å². The molecule has 1 amide bonds. The zero-order chi connectivity index (χ0) is 15.0. The second-order valence-electron chi connectivity index (χ2n) is 4.80. The van der Waals surface area contributed by atoms with Crippen LogP contribution >= 0.6 is 27.3 Å². The van der Waals surface area contributed by atoms with Gasteiger partial charge in [-0.3, -0.25) is 4.79 Å². The number of hydrogen-bond acceptors (Lipinski definition) is 4. The lowest BCUT2D eigenvalue weighted by Crippen LogP contribution is -2.25. The van der Waals surface area contributed by atoms with E-state index in [0.29, 0.717) is 16.7 Å². The van der Waals surface area contributed by atoms with Gasteiger partial charge in [0, 0.05) is 22.1 Å². The molecule has 1 saturated carbocycles. The number of aromatic carboxylic acids is 1. The zero-order valence-corrected chi connectivity index (χ0v) is 13.3. The molecule has 1 aliphatic carbocycles. The highest BCUT2D eigenvalue weighted by molar-refractivity contribution is 9.10. The van der Waals surface area contributed by atoms with Gasteiger partial charge >= 0.3 is 5.97 Å². The summed E-state index contributed by atoms with van der Waals surface area (Å²) in [6, 6.07) is 2.20. The van der Waals surface area contributed by atoms with Gasteiger partial charge in [0.2, 0.25) is 0 Å². The Balaban J connectivity index is 1.67. The molecule has 21 heavy (non-hydrogen) atoms. The van der Waals surface area contributed by atoms with E-state index in [1.165, 1.54) is 16.7 Å². The quantitative estimate of drug-likeness (QED) is 0.848. The molecule has 8 heteroatoms. The van der Waals surface area contributed by atoms with E-state index in [9.17, 15) is 9.59 Å². The van der Waals surface area contributed by atoms with E-state index >= 15 is 0 Å². The summed E-state index contributed by atoms with van der Waals surface area (Å²) in [5.41, 5.74) is 0.618. The fraction of sp³-hybridized carbons (Fsp3) is 0.308. The van der Waals surface area contributed by atoms with Crippen molar-refractivity contribution in [3.8, 4) is 0 Å². The summed E-state index contributed by atoms with van der Waals surface area (Å²) in [6.07, 6.45) is 4.10. The molecular weight excluding hydrogens is 358 g/mol. The van der Waals surface area contributed by atoms with Crippen molar-refractivity contribution in [1.82, 2.24) is 14.9 Å². The number of amides is 1. The first kappa shape index (κ1) is 14.3. The van der Waals surface area contributed by atoms with Crippen LogP contribution in [0.5, 0.6) is 0 Å². The van der Waals surface area contributed by atoms with E-state index in [1.54, 1.807) is 6.07 Å². The molecule has 0 atom stereocenters. The number of carbonyl (C=O) groups is 2. The molecular formula is C13H12BrN3O3S. The van der Waals surface area contributed by atoms with Gasteiger partial charge in [0.25, 0.3) is 5.91 Å². The molecule has 0 aliphatic heterocycles. The van der Waals surface area contributed by atoms with Gasteiger partial charge in [0.1, 0.15) is 10.7 Å². The van der Waals surface area contributed by atoms with Crippen molar-refractivity contribution in [3.63, 3.8) is 0 Å². The zero-order valence-electron chi connectivity index (χ0n) is 10.9. The molecule has 2 aromatic rings. The van der Waals surface area contributed by atoms with Gasteiger partial charge in [0.05, 0.1) is 6.54 Å². The summed E-state index contributed by atoms with van der Waals surface area (Å²) in [5, 5.41) is 13.6. The van der Waals surface area contributed by atoms with Crippen LogP contribution in [0.3, 0.4) is 0 Å². The van der Waals surface area contributed by atoms with Gasteiger partial charge in [-0.15, -0.1) is 11.3 Å². The minimum absolute atomic E-state index is 0.00773. The van der Waals surface area contributed by atoms with Crippen LogP contribution in [0.1, 0.15) is 44.9 Å². The van der Waals surface area contributed by atoms with Crippen molar-refractivity contribution >= 4 is 39.1 Å². The molecule has 2 heterocycles. The van der Waals surface area contributed by atoms with E-state index in [2.05, 4.69) is 26.2 Å². The molecule has 0 bridgehead atoms. The Morgan fingerprint density at radius 1 is 1.52 bits per heavy atom. The maximum atomic E-state index is 12.2. The van der Waals surface area contributed by atoms with Crippen LogP contribution in [0.25, 0.3) is 0 Å². The number of halogens is 1. The van der Waals surface area contributed by atoms with Crippen molar-refractivity contribution in [2.24, 2.45) is 0 Å². The second kappa shape index (κ2) is 5.61. The Hall–Kier alpha value is -1.67. The van der Waals surface area contributed by atoms with Crippen LogP contribution in [0, 0.1) is 0 Å². The number of carboxylic acid groups (broad SMARTS) is 1. The predicted octanol–water partition coefficient (Wildman–Crippen LogP) is 2.67. The van der Waals surface area contributed by atoms with Gasteiger partial charge in [-0.05, 0) is 34.8 Å². The van der Waals surface area contributed by atoms with Crippen molar-refractivity contribution < 1.29 is 14.7 Å². The Morgan fingerprint density at radius 3 is 2.90 bits per heavy atom. The number of hydrogen-bond donors (Lipinski definition) is 2. The van der Waals surface area contributed by atoms with Crippen LogP contribution in [0.15, 0.2) is 22.1 Å². The number of nitrogens with zero attached hydrogens (tertiary/aromatic N) is 2. The number of carboxylic acids is 1. The molecule has 2 N–H and O–H groups in total. The second-order valence-corrected chi connectivity index (χ2v) is 6.65. The van der Waals surface area contributed by atoms with E-state index in [4.69, 9.17) is 5.11 Å². The third-order valence-electron chi connectivity index (χ3n) is 3.16. The first-order chi connectivity index (χ1) is 10.0. The summed E-state index contributed by atoms with van der Waals surface area (Å²) in [7, 11) is 0. The number of thiazole rings is 1. The average molecular weight is 370 g/mol. The molecule has 110 valence electrons. The fourth-order valence-electron chi connectivity index (χ4n) is 2.02. The number of nitrogens with one attached hydrogen (secondary N) is 1. The van der Waals surface area contributed by atoms with Crippen molar-refractivity contribution in [1.29, 1.82) is 0 Å². The average Bonchev–Trinajstić information content (AvgIpc) is 3.04. The van der Waals surface area contributed by atoms with E-state index in [-0.39, 0.29) is 18.1 Å². The summed E-state index contributed by atoms with van der Waals surface area (Å²) >= 11 is 4.61. The third-order valence-corrected chi connectivity index (χ3v) is 4.44. The smallest absolute Gasteiger partial charge is 0.355 e. The first-order valence-corrected chi connectivity index (χ1v) is 8.05. The van der Waals surface area contributed by atoms with Gasteiger partial charge in [-0.2, -0.15) is 0 Å². The third kappa shape index (κ3) is 3.16. The Bertz CT molecular complexity index is 705. The Morgan fingerprint density at radius 2 is 2.29 bits per heavy atom. The number of rotatable bonds is 5. The molecule has 0 radical (unpaired) electrons. The molecule has 1 aliphatic rings. The topological polar surface area (TPSA) is 84.2 Å². The molecule has 0 saturated heterocycles. The largest absolute Gasteiger partial charge is 0.476 e. The predicted molar refractivity (Wildman–Crippen MR) is 80.6 cm³/mol. The maximum absolute atomic E-state index is 12.2. The molecule has 0 unspecified atom stereocenters. The maximum Gasteiger partial charge on any atom is 0.355 e. The van der Waals surface area contributed by atoms with Crippen LogP contribution in [0.2, 0.25) is 0 Å². The van der Waals surface area contributed by atoms with Gasteiger partial charge in [-0.25, -0.2) is 9.78 Å². The summed E-state index contributed by atoms with van der Waals surface area (Å²) in [4.78, 5) is 26.9. The van der Waals surface area contributed by atoms with Gasteiger partial charge in [-0.1, -0.05) is 0 Å². The molecule has 0 spiro atoms. The highest BCUT2D eigenvalue weighted by Crippen LogP contribution is 2.37. The summed E-state index contributed by atoms with van der Waals surface area (Å²) < 4.78 is 2.85. The van der Waals surface area contributed by atoms with Crippen molar-refractivity contribution in [2.45, 2.75) is 25.4 Å². The van der Waals surface area contributed by atoms with Crippen LogP contribution < -0.4 is 5.32 Å². The lowest BCUT2D eigenvalue weighted by Gasteiger charge is -2.07. The summed E-state index contributed by atoms with van der Waals surface area (Å²) in [5.74, 6) is -1.24. The Labute approximate surface area is 132 Å². The number of aromatic nitrogens is 2.